The first-order chi connectivity index (χ1) is 13.4. The Morgan fingerprint density at radius 1 is 0.926 bits per heavy atom. The molecule has 0 bridgehead atoms. The SMILES string of the molecule is c1cc(C2NC2CN2CCOCC2)ccc1CNCCCN1CCOCC1. The molecule has 3 aliphatic heterocycles. The second-order valence-electron chi connectivity index (χ2n) is 7.89. The van der Waals surface area contributed by atoms with Crippen molar-refractivity contribution in [1.29, 1.82) is 0 Å². The molecule has 1 aromatic rings. The molecule has 6 heteroatoms. The number of rotatable bonds is 9. The van der Waals surface area contributed by atoms with E-state index in [9.17, 15) is 0 Å². The summed E-state index contributed by atoms with van der Waals surface area (Å²) in [5.41, 5.74) is 2.79. The van der Waals surface area contributed by atoms with Crippen molar-refractivity contribution >= 4 is 0 Å². The first kappa shape index (κ1) is 19.3. The molecule has 27 heavy (non-hydrogen) atoms. The minimum absolute atomic E-state index is 0.531. The Labute approximate surface area is 163 Å². The van der Waals surface area contributed by atoms with Crippen LogP contribution in [0.25, 0.3) is 0 Å². The number of ether oxygens (including phenoxy) is 2. The van der Waals surface area contributed by atoms with E-state index in [1.807, 2.05) is 0 Å². The van der Waals surface area contributed by atoms with Crippen molar-refractivity contribution < 1.29 is 9.47 Å². The van der Waals surface area contributed by atoms with Gasteiger partial charge >= 0.3 is 0 Å². The maximum atomic E-state index is 5.43. The predicted octanol–water partition coefficient (Wildman–Crippen LogP) is 0.844. The molecule has 0 aromatic heterocycles. The standard InChI is InChI=1S/C21H34N4O2/c1(7-24-8-12-26-13-9-24)6-22-16-18-2-4-19(5-3-18)21-20(23-21)17-25-10-14-27-15-11-25/h2-5,20-23H,1,6-17H2. The highest BCUT2D eigenvalue weighted by atomic mass is 16.5. The van der Waals surface area contributed by atoms with Gasteiger partial charge in [0.1, 0.15) is 0 Å². The third-order valence-electron chi connectivity index (χ3n) is 5.85. The molecule has 1 aromatic carbocycles. The van der Waals surface area contributed by atoms with Gasteiger partial charge in [-0.2, -0.15) is 0 Å². The Morgan fingerprint density at radius 3 is 2.30 bits per heavy atom. The molecule has 150 valence electrons. The number of morpholine rings is 2. The fourth-order valence-corrected chi connectivity index (χ4v) is 4.05. The quantitative estimate of drug-likeness (QED) is 0.494. The smallest absolute Gasteiger partial charge is 0.0594 e. The molecule has 0 amide bonds. The first-order valence-corrected chi connectivity index (χ1v) is 10.5. The zero-order chi connectivity index (χ0) is 18.3. The van der Waals surface area contributed by atoms with Crippen LogP contribution in [-0.4, -0.2) is 88.1 Å². The summed E-state index contributed by atoms with van der Waals surface area (Å²) >= 11 is 0. The van der Waals surface area contributed by atoms with Crippen molar-refractivity contribution in [3.8, 4) is 0 Å². The Morgan fingerprint density at radius 2 is 1.59 bits per heavy atom. The molecule has 3 saturated heterocycles. The van der Waals surface area contributed by atoms with Gasteiger partial charge in [-0.05, 0) is 30.6 Å². The molecule has 0 aliphatic carbocycles. The third-order valence-corrected chi connectivity index (χ3v) is 5.85. The van der Waals surface area contributed by atoms with E-state index in [0.29, 0.717) is 12.1 Å². The van der Waals surface area contributed by atoms with Gasteiger partial charge in [-0.15, -0.1) is 0 Å². The number of nitrogens with zero attached hydrogens (tertiary/aromatic N) is 2. The molecular formula is C21H34N4O2. The van der Waals surface area contributed by atoms with Crippen molar-refractivity contribution in [2.45, 2.75) is 25.0 Å². The predicted molar refractivity (Wildman–Crippen MR) is 107 cm³/mol. The lowest BCUT2D eigenvalue weighted by Crippen LogP contribution is -2.39. The Bertz CT molecular complexity index is 556. The van der Waals surface area contributed by atoms with Crippen LogP contribution >= 0.6 is 0 Å². The fraction of sp³-hybridized carbons (Fsp3) is 0.714. The van der Waals surface area contributed by atoms with Gasteiger partial charge in [0.15, 0.2) is 0 Å². The van der Waals surface area contributed by atoms with E-state index in [1.165, 1.54) is 24.1 Å². The summed E-state index contributed by atoms with van der Waals surface area (Å²) in [5.74, 6) is 0. The van der Waals surface area contributed by atoms with Gasteiger partial charge in [0.05, 0.1) is 26.4 Å². The van der Waals surface area contributed by atoms with Gasteiger partial charge in [0.2, 0.25) is 0 Å². The second-order valence-corrected chi connectivity index (χ2v) is 7.89. The van der Waals surface area contributed by atoms with Crippen molar-refractivity contribution in [2.75, 3.05) is 72.2 Å². The van der Waals surface area contributed by atoms with Gasteiger partial charge in [-0.1, -0.05) is 24.3 Å². The van der Waals surface area contributed by atoms with Crippen LogP contribution in [0, 0.1) is 0 Å². The van der Waals surface area contributed by atoms with Crippen LogP contribution in [-0.2, 0) is 16.0 Å². The van der Waals surface area contributed by atoms with Crippen molar-refractivity contribution in [3.63, 3.8) is 0 Å². The number of benzene rings is 1. The van der Waals surface area contributed by atoms with Crippen LogP contribution in [0.5, 0.6) is 0 Å². The molecule has 3 aliphatic rings. The van der Waals surface area contributed by atoms with Crippen LogP contribution in [0.4, 0.5) is 0 Å². The lowest BCUT2D eigenvalue weighted by molar-refractivity contribution is 0.0374. The number of hydrogen-bond donors (Lipinski definition) is 2. The lowest BCUT2D eigenvalue weighted by Gasteiger charge is -2.26. The second kappa shape index (κ2) is 9.96. The molecule has 0 radical (unpaired) electrons. The average Bonchev–Trinajstić information content (AvgIpc) is 3.49. The van der Waals surface area contributed by atoms with Gasteiger partial charge in [0, 0.05) is 51.4 Å². The molecular weight excluding hydrogens is 340 g/mol. The van der Waals surface area contributed by atoms with Gasteiger partial charge < -0.3 is 20.1 Å². The summed E-state index contributed by atoms with van der Waals surface area (Å²) in [5, 5.41) is 7.21. The molecule has 4 rings (SSSR count). The summed E-state index contributed by atoms with van der Waals surface area (Å²) in [6.45, 7) is 12.2. The molecule has 6 nitrogen and oxygen atoms in total. The normalized spacial score (nSPS) is 27.0. The summed E-state index contributed by atoms with van der Waals surface area (Å²) in [6.07, 6.45) is 1.20. The third kappa shape index (κ3) is 5.98. The number of hydrogen-bond acceptors (Lipinski definition) is 6. The van der Waals surface area contributed by atoms with Crippen molar-refractivity contribution in [1.82, 2.24) is 20.4 Å². The van der Waals surface area contributed by atoms with E-state index < -0.39 is 0 Å². The van der Waals surface area contributed by atoms with Crippen molar-refractivity contribution in [2.24, 2.45) is 0 Å². The monoisotopic (exact) mass is 374 g/mol. The first-order valence-electron chi connectivity index (χ1n) is 10.5. The Balaban J connectivity index is 1.11. The van der Waals surface area contributed by atoms with E-state index in [4.69, 9.17) is 9.47 Å². The molecule has 0 saturated carbocycles. The maximum absolute atomic E-state index is 5.43. The molecule has 0 spiro atoms. The summed E-state index contributed by atoms with van der Waals surface area (Å²) in [4.78, 5) is 5.01. The Kier molecular flexibility index (Phi) is 7.12. The van der Waals surface area contributed by atoms with Gasteiger partial charge in [-0.25, -0.2) is 0 Å². The molecule has 2 atom stereocenters. The van der Waals surface area contributed by atoms with E-state index in [-0.39, 0.29) is 0 Å². The summed E-state index contributed by atoms with van der Waals surface area (Å²) < 4.78 is 10.8. The van der Waals surface area contributed by atoms with E-state index in [1.54, 1.807) is 0 Å². The summed E-state index contributed by atoms with van der Waals surface area (Å²) in [7, 11) is 0. The molecule has 3 heterocycles. The highest BCUT2D eigenvalue weighted by Crippen LogP contribution is 2.30. The maximum Gasteiger partial charge on any atom is 0.0594 e. The van der Waals surface area contributed by atoms with Crippen molar-refractivity contribution in [3.05, 3.63) is 35.4 Å². The fourth-order valence-electron chi connectivity index (χ4n) is 4.05. The zero-order valence-electron chi connectivity index (χ0n) is 16.4. The van der Waals surface area contributed by atoms with E-state index in [2.05, 4.69) is 44.7 Å². The minimum atomic E-state index is 0.531. The van der Waals surface area contributed by atoms with Gasteiger partial charge in [0.25, 0.3) is 0 Å². The Hall–Kier alpha value is -1.02. The molecule has 2 N–H and O–H groups in total. The highest BCUT2D eigenvalue weighted by molar-refractivity contribution is 5.30. The molecule has 3 fully saturated rings. The van der Waals surface area contributed by atoms with Crippen LogP contribution in [0.15, 0.2) is 24.3 Å². The highest BCUT2D eigenvalue weighted by Gasteiger charge is 2.38. The largest absolute Gasteiger partial charge is 0.379 e. The minimum Gasteiger partial charge on any atom is -0.379 e. The summed E-state index contributed by atoms with van der Waals surface area (Å²) in [6, 6.07) is 10.3. The van der Waals surface area contributed by atoms with Crippen LogP contribution in [0.3, 0.4) is 0 Å². The van der Waals surface area contributed by atoms with E-state index >= 15 is 0 Å². The zero-order valence-corrected chi connectivity index (χ0v) is 16.4. The van der Waals surface area contributed by atoms with Crippen LogP contribution in [0.1, 0.15) is 23.6 Å². The number of nitrogens with one attached hydrogen (secondary N) is 2. The topological polar surface area (TPSA) is 58.9 Å². The van der Waals surface area contributed by atoms with Gasteiger partial charge in [-0.3, -0.25) is 9.80 Å². The van der Waals surface area contributed by atoms with Crippen LogP contribution in [0.2, 0.25) is 0 Å². The average molecular weight is 375 g/mol. The molecule has 2 unspecified atom stereocenters. The van der Waals surface area contributed by atoms with E-state index in [0.717, 1.165) is 72.2 Å². The lowest BCUT2D eigenvalue weighted by atomic mass is 10.1. The van der Waals surface area contributed by atoms with Crippen LogP contribution < -0.4 is 10.6 Å².